The molecule has 0 aliphatic heterocycles. The smallest absolute Gasteiger partial charge is 0.230 e. The summed E-state index contributed by atoms with van der Waals surface area (Å²) in [5.41, 5.74) is 0.848. The van der Waals surface area contributed by atoms with Crippen molar-refractivity contribution in [3.05, 3.63) is 29.1 Å². The van der Waals surface area contributed by atoms with Crippen LogP contribution < -0.4 is 4.74 Å². The molecule has 1 heterocycles. The van der Waals surface area contributed by atoms with Crippen LogP contribution in [0.2, 0.25) is 5.02 Å². The third kappa shape index (κ3) is 2.66. The first-order valence-electron chi connectivity index (χ1n) is 6.93. The van der Waals surface area contributed by atoms with E-state index in [1.54, 1.807) is 0 Å². The third-order valence-electron chi connectivity index (χ3n) is 3.45. The van der Waals surface area contributed by atoms with E-state index in [9.17, 15) is 0 Å². The van der Waals surface area contributed by atoms with Crippen LogP contribution >= 0.6 is 11.6 Å². The van der Waals surface area contributed by atoms with Crippen LogP contribution in [0.4, 0.5) is 0 Å². The Kier molecular flexibility index (Phi) is 3.66. The van der Waals surface area contributed by atoms with Crippen LogP contribution in [0.15, 0.2) is 22.7 Å². The summed E-state index contributed by atoms with van der Waals surface area (Å²) < 4.78 is 10.9. The van der Waals surface area contributed by atoms with Crippen molar-refractivity contribution < 1.29 is 9.26 Å². The molecular weight excluding hydrogens is 276 g/mol. The second kappa shape index (κ2) is 5.44. The van der Waals surface area contributed by atoms with Crippen LogP contribution in [-0.4, -0.2) is 16.2 Å². The van der Waals surface area contributed by atoms with Gasteiger partial charge in [-0.3, -0.25) is 0 Å². The van der Waals surface area contributed by atoms with Crippen LogP contribution in [0.3, 0.4) is 0 Å². The Balaban J connectivity index is 1.82. The van der Waals surface area contributed by atoms with Gasteiger partial charge in [0.25, 0.3) is 0 Å². The van der Waals surface area contributed by atoms with Gasteiger partial charge in [-0.1, -0.05) is 23.2 Å². The maximum atomic E-state index is 6.22. The molecule has 0 spiro atoms. The minimum absolute atomic E-state index is 0.0914. The van der Waals surface area contributed by atoms with Gasteiger partial charge in [-0.2, -0.15) is 4.98 Å². The predicted molar refractivity (Wildman–Crippen MR) is 77.1 cm³/mol. The summed E-state index contributed by atoms with van der Waals surface area (Å²) in [6, 6.07) is 5.56. The SMILES string of the molecule is CC(C)Oc1ccc(-c2noc(C3CCC3)n2)cc1Cl. The molecule has 1 aliphatic carbocycles. The Bertz CT molecular complexity index is 606. The molecule has 3 rings (SSSR count). The van der Waals surface area contributed by atoms with Crippen molar-refractivity contribution >= 4 is 11.6 Å². The molecule has 0 unspecified atom stereocenters. The lowest BCUT2D eigenvalue weighted by Crippen LogP contribution is -2.08. The Hall–Kier alpha value is -1.55. The quantitative estimate of drug-likeness (QED) is 0.835. The summed E-state index contributed by atoms with van der Waals surface area (Å²) in [7, 11) is 0. The lowest BCUT2D eigenvalue weighted by atomic mass is 9.85. The molecule has 1 fully saturated rings. The highest BCUT2D eigenvalue weighted by molar-refractivity contribution is 6.32. The van der Waals surface area contributed by atoms with E-state index in [2.05, 4.69) is 10.1 Å². The van der Waals surface area contributed by atoms with E-state index in [0.29, 0.717) is 22.5 Å². The molecule has 1 aliphatic rings. The van der Waals surface area contributed by atoms with Gasteiger partial charge < -0.3 is 9.26 Å². The molecule has 0 radical (unpaired) electrons. The van der Waals surface area contributed by atoms with Crippen LogP contribution in [0.25, 0.3) is 11.4 Å². The molecule has 0 atom stereocenters. The highest BCUT2D eigenvalue weighted by Gasteiger charge is 2.25. The third-order valence-corrected chi connectivity index (χ3v) is 3.74. The predicted octanol–water partition coefficient (Wildman–Crippen LogP) is 4.44. The molecule has 106 valence electrons. The zero-order valence-corrected chi connectivity index (χ0v) is 12.4. The minimum atomic E-state index is 0.0914. The van der Waals surface area contributed by atoms with Gasteiger partial charge in [-0.05, 0) is 44.9 Å². The topological polar surface area (TPSA) is 48.2 Å². The first-order chi connectivity index (χ1) is 9.63. The number of ether oxygens (including phenoxy) is 1. The molecule has 5 heteroatoms. The summed E-state index contributed by atoms with van der Waals surface area (Å²) in [5, 5.41) is 4.60. The summed E-state index contributed by atoms with van der Waals surface area (Å²) >= 11 is 6.22. The van der Waals surface area contributed by atoms with Crippen LogP contribution in [0.1, 0.15) is 44.9 Å². The molecule has 0 N–H and O–H groups in total. The fourth-order valence-electron chi connectivity index (χ4n) is 2.16. The number of hydrogen-bond donors (Lipinski definition) is 0. The number of aromatic nitrogens is 2. The summed E-state index contributed by atoms with van der Waals surface area (Å²) in [6.45, 7) is 3.93. The Labute approximate surface area is 123 Å². The second-order valence-corrected chi connectivity index (χ2v) is 5.80. The molecule has 1 aromatic carbocycles. The lowest BCUT2D eigenvalue weighted by Gasteiger charge is -2.20. The second-order valence-electron chi connectivity index (χ2n) is 5.40. The van der Waals surface area contributed by atoms with Gasteiger partial charge >= 0.3 is 0 Å². The molecule has 4 nitrogen and oxygen atoms in total. The van der Waals surface area contributed by atoms with Gasteiger partial charge in [0.2, 0.25) is 11.7 Å². The first kappa shape index (κ1) is 13.4. The number of hydrogen-bond acceptors (Lipinski definition) is 4. The fourth-order valence-corrected chi connectivity index (χ4v) is 2.39. The minimum Gasteiger partial charge on any atom is -0.489 e. The highest BCUT2D eigenvalue weighted by atomic mass is 35.5. The Morgan fingerprint density at radius 1 is 1.35 bits per heavy atom. The van der Waals surface area contributed by atoms with Crippen molar-refractivity contribution in [2.24, 2.45) is 0 Å². The van der Waals surface area contributed by atoms with E-state index < -0.39 is 0 Å². The van der Waals surface area contributed by atoms with Gasteiger partial charge in [-0.15, -0.1) is 0 Å². The van der Waals surface area contributed by atoms with Crippen molar-refractivity contribution in [2.75, 3.05) is 0 Å². The summed E-state index contributed by atoms with van der Waals surface area (Å²) in [4.78, 5) is 4.46. The standard InChI is InChI=1S/C15H17ClN2O2/c1-9(2)19-13-7-6-11(8-12(13)16)14-17-15(20-18-14)10-4-3-5-10/h6-10H,3-5H2,1-2H3. The van der Waals surface area contributed by atoms with E-state index in [4.69, 9.17) is 20.9 Å². The zero-order chi connectivity index (χ0) is 14.1. The average Bonchev–Trinajstić information content (AvgIpc) is 2.78. The lowest BCUT2D eigenvalue weighted by molar-refractivity contribution is 0.242. The number of rotatable bonds is 4. The largest absolute Gasteiger partial charge is 0.489 e. The molecule has 0 saturated heterocycles. The van der Waals surface area contributed by atoms with Crippen molar-refractivity contribution in [1.29, 1.82) is 0 Å². The van der Waals surface area contributed by atoms with E-state index in [-0.39, 0.29) is 6.10 Å². The number of nitrogens with zero attached hydrogens (tertiary/aromatic N) is 2. The number of benzene rings is 1. The van der Waals surface area contributed by atoms with Crippen molar-refractivity contribution in [3.8, 4) is 17.1 Å². The Morgan fingerprint density at radius 2 is 2.15 bits per heavy atom. The average molecular weight is 293 g/mol. The molecule has 1 aromatic heterocycles. The van der Waals surface area contributed by atoms with Crippen molar-refractivity contribution in [2.45, 2.75) is 45.1 Å². The van der Waals surface area contributed by atoms with E-state index in [0.717, 1.165) is 24.3 Å². The van der Waals surface area contributed by atoms with Gasteiger partial charge in [0.05, 0.1) is 11.1 Å². The van der Waals surface area contributed by atoms with E-state index in [1.165, 1.54) is 6.42 Å². The maximum absolute atomic E-state index is 6.22. The molecule has 0 amide bonds. The molecular formula is C15H17ClN2O2. The zero-order valence-electron chi connectivity index (χ0n) is 11.6. The normalized spacial score (nSPS) is 15.4. The molecule has 1 saturated carbocycles. The molecule has 20 heavy (non-hydrogen) atoms. The van der Waals surface area contributed by atoms with Gasteiger partial charge in [0, 0.05) is 11.5 Å². The van der Waals surface area contributed by atoms with Gasteiger partial charge in [0.1, 0.15) is 5.75 Å². The van der Waals surface area contributed by atoms with Crippen molar-refractivity contribution in [3.63, 3.8) is 0 Å². The number of halogens is 1. The van der Waals surface area contributed by atoms with Gasteiger partial charge in [0.15, 0.2) is 0 Å². The fraction of sp³-hybridized carbons (Fsp3) is 0.467. The van der Waals surface area contributed by atoms with E-state index >= 15 is 0 Å². The van der Waals surface area contributed by atoms with Crippen molar-refractivity contribution in [1.82, 2.24) is 10.1 Å². The van der Waals surface area contributed by atoms with Crippen LogP contribution in [0.5, 0.6) is 5.75 Å². The first-order valence-corrected chi connectivity index (χ1v) is 7.31. The van der Waals surface area contributed by atoms with Crippen LogP contribution in [0, 0.1) is 0 Å². The Morgan fingerprint density at radius 3 is 2.75 bits per heavy atom. The van der Waals surface area contributed by atoms with Gasteiger partial charge in [-0.25, -0.2) is 0 Å². The highest BCUT2D eigenvalue weighted by Crippen LogP contribution is 2.36. The molecule has 2 aromatic rings. The monoisotopic (exact) mass is 292 g/mol. The van der Waals surface area contributed by atoms with E-state index in [1.807, 2.05) is 32.0 Å². The summed E-state index contributed by atoms with van der Waals surface area (Å²) in [5.74, 6) is 2.44. The van der Waals surface area contributed by atoms with Crippen LogP contribution in [-0.2, 0) is 0 Å². The summed E-state index contributed by atoms with van der Waals surface area (Å²) in [6.07, 6.45) is 3.62. The maximum Gasteiger partial charge on any atom is 0.230 e. The molecule has 0 bridgehead atoms.